The molecule has 6 nitrogen and oxygen atoms in total. The fourth-order valence-electron chi connectivity index (χ4n) is 1.89. The molecule has 0 spiro atoms. The zero-order chi connectivity index (χ0) is 19.3. The zero-order valence-electron chi connectivity index (χ0n) is 13.5. The number of carbonyl (C=O) groups is 1. The van der Waals surface area contributed by atoms with E-state index in [1.165, 1.54) is 37.5 Å². The smallest absolute Gasteiger partial charge is 0.255 e. The molecule has 26 heavy (non-hydrogen) atoms. The van der Waals surface area contributed by atoms with Crippen LogP contribution in [-0.2, 0) is 14.8 Å². The molecule has 1 N–H and O–H groups in total. The van der Waals surface area contributed by atoms with Crippen LogP contribution in [0.5, 0.6) is 0 Å². The van der Waals surface area contributed by atoms with Crippen molar-refractivity contribution >= 4 is 56.9 Å². The summed E-state index contributed by atoms with van der Waals surface area (Å²) >= 11 is 17.5. The van der Waals surface area contributed by atoms with Crippen LogP contribution >= 0.6 is 34.8 Å². The Balaban J connectivity index is 1.98. The number of hydrazone groups is 1. The highest BCUT2D eigenvalue weighted by molar-refractivity contribution is 7.89. The second-order valence-electron chi connectivity index (χ2n) is 5.17. The Morgan fingerprint density at radius 3 is 2.35 bits per heavy atom. The summed E-state index contributed by atoms with van der Waals surface area (Å²) in [6, 6.07) is 10.5. The maximum atomic E-state index is 12.4. The molecule has 0 radical (unpaired) electrons. The van der Waals surface area contributed by atoms with Crippen LogP contribution in [0.1, 0.15) is 5.56 Å². The van der Waals surface area contributed by atoms with Crippen molar-refractivity contribution in [3.8, 4) is 0 Å². The van der Waals surface area contributed by atoms with Gasteiger partial charge in [0.25, 0.3) is 5.91 Å². The number of amides is 1. The Hall–Kier alpha value is -1.64. The zero-order valence-corrected chi connectivity index (χ0v) is 16.6. The fraction of sp³-hybridized carbons (Fsp3) is 0.125. The van der Waals surface area contributed by atoms with E-state index >= 15 is 0 Å². The lowest BCUT2D eigenvalue weighted by atomic mass is 10.2. The molecule has 0 bridgehead atoms. The number of carbonyl (C=O) groups excluding carboxylic acids is 1. The van der Waals surface area contributed by atoms with Gasteiger partial charge in [0.1, 0.15) is 0 Å². The van der Waals surface area contributed by atoms with Gasteiger partial charge < -0.3 is 0 Å². The number of likely N-dealkylation sites (N-methyl/N-ethyl adjacent to an activating group) is 1. The average molecular weight is 435 g/mol. The summed E-state index contributed by atoms with van der Waals surface area (Å²) in [4.78, 5) is 11.9. The van der Waals surface area contributed by atoms with Gasteiger partial charge in [-0.25, -0.2) is 13.8 Å². The van der Waals surface area contributed by atoms with Gasteiger partial charge in [-0.05, 0) is 36.4 Å². The molecule has 0 aromatic heterocycles. The second kappa shape index (κ2) is 8.83. The maximum Gasteiger partial charge on any atom is 0.255 e. The van der Waals surface area contributed by atoms with E-state index in [9.17, 15) is 13.2 Å². The molecule has 138 valence electrons. The highest BCUT2D eigenvalue weighted by Crippen LogP contribution is 2.19. The van der Waals surface area contributed by atoms with Crippen molar-refractivity contribution < 1.29 is 13.2 Å². The molecule has 10 heteroatoms. The largest absolute Gasteiger partial charge is 0.272 e. The Morgan fingerprint density at radius 1 is 1.12 bits per heavy atom. The van der Waals surface area contributed by atoms with Crippen LogP contribution in [0.3, 0.4) is 0 Å². The molecule has 0 aliphatic carbocycles. The van der Waals surface area contributed by atoms with E-state index in [4.69, 9.17) is 34.8 Å². The van der Waals surface area contributed by atoms with Gasteiger partial charge in [-0.15, -0.1) is 0 Å². The predicted molar refractivity (Wildman–Crippen MR) is 103 cm³/mol. The lowest BCUT2D eigenvalue weighted by Gasteiger charge is -2.16. The third-order valence-corrected chi connectivity index (χ3v) is 5.88. The van der Waals surface area contributed by atoms with E-state index in [1.807, 2.05) is 0 Å². The van der Waals surface area contributed by atoms with E-state index < -0.39 is 22.5 Å². The van der Waals surface area contributed by atoms with Crippen molar-refractivity contribution in [2.24, 2.45) is 5.10 Å². The van der Waals surface area contributed by atoms with Gasteiger partial charge in [0.15, 0.2) is 0 Å². The second-order valence-corrected chi connectivity index (χ2v) is 8.50. The number of sulfonamides is 1. The summed E-state index contributed by atoms with van der Waals surface area (Å²) in [5, 5.41) is 5.03. The van der Waals surface area contributed by atoms with E-state index in [1.54, 1.807) is 18.2 Å². The summed E-state index contributed by atoms with van der Waals surface area (Å²) in [5.74, 6) is -0.605. The SMILES string of the molecule is CN(CC(=O)N/N=C\c1ccc(Cl)cc1Cl)S(=O)(=O)c1ccc(Cl)cc1. The molecule has 0 atom stereocenters. The van der Waals surface area contributed by atoms with Gasteiger partial charge in [-0.1, -0.05) is 40.9 Å². The molecule has 1 amide bonds. The van der Waals surface area contributed by atoms with Crippen molar-refractivity contribution in [2.75, 3.05) is 13.6 Å². The Bertz CT molecular complexity index is 932. The first-order valence-corrected chi connectivity index (χ1v) is 9.76. The van der Waals surface area contributed by atoms with Crippen LogP contribution in [0.15, 0.2) is 52.5 Å². The van der Waals surface area contributed by atoms with Crippen LogP contribution < -0.4 is 5.43 Å². The lowest BCUT2D eigenvalue weighted by Crippen LogP contribution is -2.36. The number of halogens is 3. The summed E-state index contributed by atoms with van der Waals surface area (Å²) in [5.41, 5.74) is 2.80. The number of hydrogen-bond acceptors (Lipinski definition) is 4. The van der Waals surface area contributed by atoms with Crippen LogP contribution in [0.4, 0.5) is 0 Å². The number of nitrogens with one attached hydrogen (secondary N) is 1. The molecule has 2 rings (SSSR count). The Morgan fingerprint density at radius 2 is 1.73 bits per heavy atom. The van der Waals surface area contributed by atoms with Crippen LogP contribution in [0.2, 0.25) is 15.1 Å². The highest BCUT2D eigenvalue weighted by atomic mass is 35.5. The van der Waals surface area contributed by atoms with E-state index in [2.05, 4.69) is 10.5 Å². The monoisotopic (exact) mass is 433 g/mol. The van der Waals surface area contributed by atoms with Crippen molar-refractivity contribution in [1.29, 1.82) is 0 Å². The third kappa shape index (κ3) is 5.43. The first-order chi connectivity index (χ1) is 12.2. The Kier molecular flexibility index (Phi) is 7.02. The van der Waals surface area contributed by atoms with Gasteiger partial charge in [0.2, 0.25) is 10.0 Å². The van der Waals surface area contributed by atoms with Crippen molar-refractivity contribution in [2.45, 2.75) is 4.90 Å². The maximum absolute atomic E-state index is 12.4. The van der Waals surface area contributed by atoms with Crippen molar-refractivity contribution in [1.82, 2.24) is 9.73 Å². The minimum Gasteiger partial charge on any atom is -0.272 e. The van der Waals surface area contributed by atoms with Gasteiger partial charge in [0, 0.05) is 22.7 Å². The fourth-order valence-corrected chi connectivity index (χ4v) is 3.60. The molecule has 0 heterocycles. The Labute approximate surface area is 166 Å². The highest BCUT2D eigenvalue weighted by Gasteiger charge is 2.22. The van der Waals surface area contributed by atoms with E-state index in [0.29, 0.717) is 20.6 Å². The summed E-state index contributed by atoms with van der Waals surface area (Å²) in [6.07, 6.45) is 1.34. The van der Waals surface area contributed by atoms with E-state index in [-0.39, 0.29) is 4.90 Å². The molecule has 2 aromatic rings. The molecule has 0 saturated carbocycles. The minimum atomic E-state index is -3.81. The van der Waals surface area contributed by atoms with Gasteiger partial charge in [-0.2, -0.15) is 9.41 Å². The minimum absolute atomic E-state index is 0.0358. The van der Waals surface area contributed by atoms with Gasteiger partial charge in [-0.3, -0.25) is 4.79 Å². The van der Waals surface area contributed by atoms with Crippen LogP contribution in [0, 0.1) is 0 Å². The van der Waals surface area contributed by atoms with Crippen LogP contribution in [-0.4, -0.2) is 38.4 Å². The quantitative estimate of drug-likeness (QED) is 0.559. The molecule has 0 saturated heterocycles. The molecule has 2 aromatic carbocycles. The number of hydrogen-bond donors (Lipinski definition) is 1. The first kappa shape index (κ1) is 20.7. The van der Waals surface area contributed by atoms with Crippen LogP contribution in [0.25, 0.3) is 0 Å². The number of rotatable bonds is 6. The summed E-state index contributed by atoms with van der Waals surface area (Å²) in [6.45, 7) is -0.406. The van der Waals surface area contributed by atoms with Crippen molar-refractivity contribution in [3.63, 3.8) is 0 Å². The molecule has 0 aliphatic heterocycles. The van der Waals surface area contributed by atoms with E-state index in [0.717, 1.165) is 4.31 Å². The van der Waals surface area contributed by atoms with Crippen molar-refractivity contribution in [3.05, 3.63) is 63.1 Å². The predicted octanol–water partition coefficient (Wildman–Crippen LogP) is 3.42. The molecular formula is C16H14Cl3N3O3S. The molecule has 0 aliphatic rings. The van der Waals surface area contributed by atoms with Gasteiger partial charge in [0.05, 0.1) is 22.7 Å². The van der Waals surface area contributed by atoms with Gasteiger partial charge >= 0.3 is 0 Å². The summed E-state index contributed by atoms with van der Waals surface area (Å²) < 4.78 is 25.7. The first-order valence-electron chi connectivity index (χ1n) is 7.19. The molecule has 0 fully saturated rings. The number of benzene rings is 2. The standard InChI is InChI=1S/C16H14Cl3N3O3S/c1-22(26(24,25)14-6-4-12(17)5-7-14)10-16(23)21-20-9-11-2-3-13(18)8-15(11)19/h2-9H,10H2,1H3,(H,21,23)/b20-9-. The summed E-state index contributed by atoms with van der Waals surface area (Å²) in [7, 11) is -2.52. The third-order valence-electron chi connectivity index (χ3n) is 3.24. The average Bonchev–Trinajstić information content (AvgIpc) is 2.57. The molecule has 0 unspecified atom stereocenters. The normalized spacial score (nSPS) is 11.9. The number of nitrogens with zero attached hydrogens (tertiary/aromatic N) is 2. The lowest BCUT2D eigenvalue weighted by molar-refractivity contribution is -0.121. The molecular weight excluding hydrogens is 421 g/mol. The topological polar surface area (TPSA) is 78.8 Å².